The van der Waals surface area contributed by atoms with Crippen molar-refractivity contribution in [3.8, 4) is 11.3 Å². The van der Waals surface area contributed by atoms with Crippen LogP contribution in [0.1, 0.15) is 36.8 Å². The van der Waals surface area contributed by atoms with E-state index in [-0.39, 0.29) is 24.1 Å². The number of nitrogens with one attached hydrogen (secondary N) is 2. The number of aromatic nitrogens is 2. The lowest BCUT2D eigenvalue weighted by Gasteiger charge is -2.24. The van der Waals surface area contributed by atoms with Gasteiger partial charge < -0.3 is 10.6 Å². The number of carbonyl (C=O) groups excluding carboxylic acids is 2. The van der Waals surface area contributed by atoms with Gasteiger partial charge in [0, 0.05) is 48.1 Å². The van der Waals surface area contributed by atoms with Crippen molar-refractivity contribution in [1.29, 1.82) is 0 Å². The molecule has 0 radical (unpaired) electrons. The molecule has 0 saturated heterocycles. The van der Waals surface area contributed by atoms with Crippen LogP contribution < -0.4 is 10.6 Å². The number of halogens is 1. The van der Waals surface area contributed by atoms with Gasteiger partial charge >= 0.3 is 0 Å². The summed E-state index contributed by atoms with van der Waals surface area (Å²) in [5, 5.41) is 10.0. The van der Waals surface area contributed by atoms with Crippen LogP contribution in [0, 0.1) is 12.7 Å². The fourth-order valence-corrected chi connectivity index (χ4v) is 3.91. The minimum Gasteiger partial charge on any atom is -0.332 e. The Morgan fingerprint density at radius 2 is 2.00 bits per heavy atom. The lowest BCUT2D eigenvalue weighted by Crippen LogP contribution is -2.32. The molecule has 4 rings (SSSR count). The summed E-state index contributed by atoms with van der Waals surface area (Å²) in [5.74, 6) is -1.29. The third kappa shape index (κ3) is 4.46. The molecule has 0 saturated carbocycles. The second-order valence-corrected chi connectivity index (χ2v) is 7.90. The van der Waals surface area contributed by atoms with E-state index in [1.807, 2.05) is 35.9 Å². The van der Waals surface area contributed by atoms with Gasteiger partial charge in [0.2, 0.25) is 5.91 Å². The molecule has 0 fully saturated rings. The molecule has 7 heteroatoms. The first kappa shape index (κ1) is 21.5. The predicted molar refractivity (Wildman–Crippen MR) is 121 cm³/mol. The Balaban J connectivity index is 1.62. The SMILES string of the molecule is CCCn1nccc1-c1ccc(C)c(NC(=O)C2=CNC(=O)CC2c2ccc(F)cc2)c1. The smallest absolute Gasteiger partial charge is 0.253 e. The molecular formula is C25H25FN4O2. The zero-order chi connectivity index (χ0) is 22.7. The van der Waals surface area contributed by atoms with Gasteiger partial charge in [-0.05, 0) is 48.7 Å². The van der Waals surface area contributed by atoms with Crippen LogP contribution in [0.3, 0.4) is 0 Å². The lowest BCUT2D eigenvalue weighted by atomic mass is 9.86. The Bertz CT molecular complexity index is 1180. The average Bonchev–Trinajstić information content (AvgIpc) is 3.24. The Labute approximate surface area is 186 Å². The maximum atomic E-state index is 13.4. The fraction of sp³-hybridized carbons (Fsp3) is 0.240. The lowest BCUT2D eigenvalue weighted by molar-refractivity contribution is -0.121. The summed E-state index contributed by atoms with van der Waals surface area (Å²) in [7, 11) is 0. The predicted octanol–water partition coefficient (Wildman–Crippen LogP) is 4.53. The van der Waals surface area contributed by atoms with Gasteiger partial charge in [0.05, 0.1) is 5.69 Å². The molecule has 3 aromatic rings. The maximum absolute atomic E-state index is 13.4. The van der Waals surface area contributed by atoms with Crippen LogP contribution in [-0.4, -0.2) is 21.6 Å². The molecule has 32 heavy (non-hydrogen) atoms. The van der Waals surface area contributed by atoms with E-state index in [0.29, 0.717) is 11.3 Å². The molecule has 2 heterocycles. The van der Waals surface area contributed by atoms with Crippen molar-refractivity contribution in [3.05, 3.63) is 83.4 Å². The summed E-state index contributed by atoms with van der Waals surface area (Å²) in [5.41, 5.74) is 4.69. The van der Waals surface area contributed by atoms with Crippen LogP contribution in [0.4, 0.5) is 10.1 Å². The highest BCUT2D eigenvalue weighted by atomic mass is 19.1. The largest absolute Gasteiger partial charge is 0.332 e. The number of hydrogen-bond donors (Lipinski definition) is 2. The van der Waals surface area contributed by atoms with Crippen molar-refractivity contribution >= 4 is 17.5 Å². The zero-order valence-corrected chi connectivity index (χ0v) is 18.1. The molecule has 2 amide bonds. The molecule has 0 spiro atoms. The van der Waals surface area contributed by atoms with E-state index >= 15 is 0 Å². The number of amides is 2. The van der Waals surface area contributed by atoms with Gasteiger partial charge in [-0.1, -0.05) is 31.2 Å². The van der Waals surface area contributed by atoms with Gasteiger partial charge in [-0.2, -0.15) is 5.10 Å². The summed E-state index contributed by atoms with van der Waals surface area (Å²) in [4.78, 5) is 25.2. The molecule has 1 aromatic heterocycles. The Morgan fingerprint density at radius 1 is 1.22 bits per heavy atom. The van der Waals surface area contributed by atoms with Gasteiger partial charge in [0.15, 0.2) is 0 Å². The van der Waals surface area contributed by atoms with E-state index in [1.165, 1.54) is 18.3 Å². The van der Waals surface area contributed by atoms with Crippen molar-refractivity contribution in [2.45, 2.75) is 39.2 Å². The number of aryl methyl sites for hydroxylation is 2. The molecule has 1 aliphatic heterocycles. The van der Waals surface area contributed by atoms with Crippen molar-refractivity contribution in [1.82, 2.24) is 15.1 Å². The summed E-state index contributed by atoms with van der Waals surface area (Å²) in [6.45, 7) is 4.83. The van der Waals surface area contributed by atoms with Crippen molar-refractivity contribution < 1.29 is 14.0 Å². The van der Waals surface area contributed by atoms with Crippen molar-refractivity contribution in [2.24, 2.45) is 0 Å². The first-order valence-corrected chi connectivity index (χ1v) is 10.7. The van der Waals surface area contributed by atoms with Gasteiger partial charge in [0.1, 0.15) is 5.82 Å². The van der Waals surface area contributed by atoms with Crippen LogP contribution in [0.25, 0.3) is 11.3 Å². The third-order valence-corrected chi connectivity index (χ3v) is 5.62. The third-order valence-electron chi connectivity index (χ3n) is 5.62. The van der Waals surface area contributed by atoms with Crippen LogP contribution in [-0.2, 0) is 16.1 Å². The van der Waals surface area contributed by atoms with Crippen LogP contribution in [0.15, 0.2) is 66.5 Å². The highest BCUT2D eigenvalue weighted by Gasteiger charge is 2.29. The van der Waals surface area contributed by atoms with E-state index in [4.69, 9.17) is 0 Å². The molecule has 1 aliphatic rings. The number of rotatable bonds is 6. The molecule has 1 atom stereocenters. The summed E-state index contributed by atoms with van der Waals surface area (Å²) >= 11 is 0. The molecule has 0 bridgehead atoms. The normalized spacial score (nSPS) is 15.8. The highest BCUT2D eigenvalue weighted by molar-refractivity contribution is 6.07. The molecule has 164 valence electrons. The number of anilines is 1. The number of carbonyl (C=O) groups is 2. The molecule has 0 aliphatic carbocycles. The zero-order valence-electron chi connectivity index (χ0n) is 18.1. The topological polar surface area (TPSA) is 76.0 Å². The van der Waals surface area contributed by atoms with E-state index in [0.717, 1.165) is 35.3 Å². The van der Waals surface area contributed by atoms with Gasteiger partial charge in [0.25, 0.3) is 5.91 Å². The standard InChI is InChI=1S/C25H25FN4O2/c1-3-12-30-23(10-11-28-30)18-5-4-16(2)22(13-18)29-25(32)21-15-27-24(31)14-20(21)17-6-8-19(26)9-7-17/h4-11,13,15,20H,3,12,14H2,1-2H3,(H,27,31)(H,29,32). The van der Waals surface area contributed by atoms with Crippen molar-refractivity contribution in [3.63, 3.8) is 0 Å². The maximum Gasteiger partial charge on any atom is 0.253 e. The van der Waals surface area contributed by atoms with Gasteiger partial charge in [-0.25, -0.2) is 4.39 Å². The second kappa shape index (κ2) is 9.18. The molecule has 1 unspecified atom stereocenters. The van der Waals surface area contributed by atoms with E-state index in [9.17, 15) is 14.0 Å². The quantitative estimate of drug-likeness (QED) is 0.601. The monoisotopic (exact) mass is 432 g/mol. The van der Waals surface area contributed by atoms with E-state index in [2.05, 4.69) is 22.7 Å². The average molecular weight is 432 g/mol. The highest BCUT2D eigenvalue weighted by Crippen LogP contribution is 2.32. The summed E-state index contributed by atoms with van der Waals surface area (Å²) in [6, 6.07) is 13.8. The Hall–Kier alpha value is -3.74. The van der Waals surface area contributed by atoms with Crippen LogP contribution >= 0.6 is 0 Å². The van der Waals surface area contributed by atoms with Crippen LogP contribution in [0.2, 0.25) is 0 Å². The molecular weight excluding hydrogens is 407 g/mol. The molecule has 2 aromatic carbocycles. The Kier molecular flexibility index (Phi) is 6.16. The fourth-order valence-electron chi connectivity index (χ4n) is 3.91. The van der Waals surface area contributed by atoms with Gasteiger partial charge in [-0.15, -0.1) is 0 Å². The van der Waals surface area contributed by atoms with E-state index in [1.54, 1.807) is 18.3 Å². The Morgan fingerprint density at radius 3 is 2.75 bits per heavy atom. The van der Waals surface area contributed by atoms with Crippen LogP contribution in [0.5, 0.6) is 0 Å². The number of benzene rings is 2. The van der Waals surface area contributed by atoms with E-state index < -0.39 is 5.92 Å². The number of hydrogen-bond acceptors (Lipinski definition) is 3. The number of nitrogens with zero attached hydrogens (tertiary/aromatic N) is 2. The van der Waals surface area contributed by atoms with Gasteiger partial charge in [-0.3, -0.25) is 14.3 Å². The molecule has 6 nitrogen and oxygen atoms in total. The first-order chi connectivity index (χ1) is 15.5. The second-order valence-electron chi connectivity index (χ2n) is 7.90. The van der Waals surface area contributed by atoms with Crippen molar-refractivity contribution in [2.75, 3.05) is 5.32 Å². The summed E-state index contributed by atoms with van der Waals surface area (Å²) in [6.07, 6.45) is 4.31. The first-order valence-electron chi connectivity index (χ1n) is 10.7. The minimum atomic E-state index is -0.446. The minimum absolute atomic E-state index is 0.125. The summed E-state index contributed by atoms with van der Waals surface area (Å²) < 4.78 is 15.3. The molecule has 2 N–H and O–H groups in total.